The van der Waals surface area contributed by atoms with Gasteiger partial charge in [0.2, 0.25) is 10.0 Å². The number of nitrogens with one attached hydrogen (secondary N) is 1. The highest BCUT2D eigenvalue weighted by Crippen LogP contribution is 2.23. The number of halogens is 1. The Labute approximate surface area is 124 Å². The van der Waals surface area contributed by atoms with Crippen molar-refractivity contribution in [2.24, 2.45) is 0 Å². The van der Waals surface area contributed by atoms with E-state index in [1.807, 2.05) is 6.92 Å². The highest BCUT2D eigenvalue weighted by atomic mass is 32.2. The molecule has 0 saturated carbocycles. The van der Waals surface area contributed by atoms with Crippen molar-refractivity contribution in [1.82, 2.24) is 4.72 Å². The van der Waals surface area contributed by atoms with Crippen LogP contribution in [0.5, 0.6) is 0 Å². The predicted molar refractivity (Wildman–Crippen MR) is 77.4 cm³/mol. The highest BCUT2D eigenvalue weighted by Gasteiger charge is 2.28. The molecule has 0 fully saturated rings. The molecule has 0 aliphatic rings. The highest BCUT2D eigenvalue weighted by molar-refractivity contribution is 7.89. The van der Waals surface area contributed by atoms with Gasteiger partial charge in [0.15, 0.2) is 0 Å². The van der Waals surface area contributed by atoms with Crippen LogP contribution in [0.3, 0.4) is 0 Å². The Morgan fingerprint density at radius 3 is 2.43 bits per heavy atom. The van der Waals surface area contributed by atoms with Crippen molar-refractivity contribution in [3.63, 3.8) is 0 Å². The number of benzene rings is 1. The van der Waals surface area contributed by atoms with Crippen LogP contribution in [-0.4, -0.2) is 25.0 Å². The van der Waals surface area contributed by atoms with Crippen molar-refractivity contribution in [1.29, 1.82) is 0 Å². The first-order valence-electron chi connectivity index (χ1n) is 6.57. The van der Waals surface area contributed by atoms with Gasteiger partial charge in [-0.25, -0.2) is 22.3 Å². The van der Waals surface area contributed by atoms with Crippen LogP contribution in [-0.2, 0) is 10.0 Å². The van der Waals surface area contributed by atoms with E-state index >= 15 is 0 Å². The number of sulfonamides is 1. The van der Waals surface area contributed by atoms with E-state index in [1.54, 1.807) is 13.8 Å². The number of hydrogen-bond donors (Lipinski definition) is 2. The SMILES string of the molecule is CCCC(C)(C)NS(=O)(=O)c1cc(C(=O)O)cc(F)c1C. The van der Waals surface area contributed by atoms with Crippen LogP contribution in [0.15, 0.2) is 17.0 Å². The molecule has 0 radical (unpaired) electrons. The van der Waals surface area contributed by atoms with Gasteiger partial charge in [-0.3, -0.25) is 0 Å². The maximum Gasteiger partial charge on any atom is 0.335 e. The van der Waals surface area contributed by atoms with E-state index < -0.39 is 32.9 Å². The molecule has 0 aromatic heterocycles. The van der Waals surface area contributed by atoms with Gasteiger partial charge in [0.1, 0.15) is 5.82 Å². The number of aromatic carboxylic acids is 1. The third-order valence-corrected chi connectivity index (χ3v) is 4.94. The summed E-state index contributed by atoms with van der Waals surface area (Å²) in [4.78, 5) is 10.6. The molecule has 7 heteroatoms. The van der Waals surface area contributed by atoms with Crippen molar-refractivity contribution in [3.8, 4) is 0 Å². The van der Waals surface area contributed by atoms with Crippen LogP contribution in [0.4, 0.5) is 4.39 Å². The molecule has 0 spiro atoms. The second kappa shape index (κ2) is 6.11. The van der Waals surface area contributed by atoms with Gasteiger partial charge in [0.25, 0.3) is 0 Å². The molecule has 1 aromatic carbocycles. The molecule has 0 amide bonds. The lowest BCUT2D eigenvalue weighted by Gasteiger charge is -2.26. The summed E-state index contributed by atoms with van der Waals surface area (Å²) >= 11 is 0. The van der Waals surface area contributed by atoms with Crippen molar-refractivity contribution in [2.45, 2.75) is 51.0 Å². The molecule has 0 bridgehead atoms. The largest absolute Gasteiger partial charge is 0.478 e. The van der Waals surface area contributed by atoms with Gasteiger partial charge >= 0.3 is 5.97 Å². The van der Waals surface area contributed by atoms with Crippen molar-refractivity contribution < 1.29 is 22.7 Å². The van der Waals surface area contributed by atoms with Gasteiger partial charge in [-0.15, -0.1) is 0 Å². The molecule has 2 N–H and O–H groups in total. The molecule has 5 nitrogen and oxygen atoms in total. The molecule has 0 atom stereocenters. The summed E-state index contributed by atoms with van der Waals surface area (Å²) in [5, 5.41) is 8.93. The van der Waals surface area contributed by atoms with E-state index in [4.69, 9.17) is 5.11 Å². The first-order valence-corrected chi connectivity index (χ1v) is 8.06. The molecule has 0 aliphatic heterocycles. The van der Waals surface area contributed by atoms with E-state index in [9.17, 15) is 17.6 Å². The third-order valence-electron chi connectivity index (χ3n) is 3.12. The molecule has 118 valence electrons. The zero-order valence-electron chi connectivity index (χ0n) is 12.5. The van der Waals surface area contributed by atoms with E-state index in [0.29, 0.717) is 6.42 Å². The minimum Gasteiger partial charge on any atom is -0.478 e. The van der Waals surface area contributed by atoms with E-state index in [2.05, 4.69) is 4.72 Å². The minimum absolute atomic E-state index is 0.0974. The van der Waals surface area contributed by atoms with E-state index in [0.717, 1.165) is 18.6 Å². The summed E-state index contributed by atoms with van der Waals surface area (Å²) in [6, 6.07) is 1.79. The van der Waals surface area contributed by atoms with Crippen LogP contribution >= 0.6 is 0 Å². The molecule has 1 rings (SSSR count). The van der Waals surface area contributed by atoms with Crippen LogP contribution in [0.2, 0.25) is 0 Å². The van der Waals surface area contributed by atoms with Crippen molar-refractivity contribution >= 4 is 16.0 Å². The lowest BCUT2D eigenvalue weighted by Crippen LogP contribution is -2.43. The fraction of sp³-hybridized carbons (Fsp3) is 0.500. The standard InChI is InChI=1S/C14H20FNO4S/c1-5-6-14(3,4)16-21(19,20)12-8-10(13(17)18)7-11(15)9(12)2/h7-8,16H,5-6H2,1-4H3,(H,17,18). The van der Waals surface area contributed by atoms with Gasteiger partial charge in [-0.1, -0.05) is 13.3 Å². The fourth-order valence-corrected chi connectivity index (χ4v) is 3.87. The Bertz CT molecular complexity index is 653. The summed E-state index contributed by atoms with van der Waals surface area (Å²) < 4.78 is 41.1. The quantitative estimate of drug-likeness (QED) is 0.845. The summed E-state index contributed by atoms with van der Waals surface area (Å²) in [6.07, 6.45) is 1.38. The number of carboxylic acids is 1. The van der Waals surface area contributed by atoms with Crippen LogP contribution < -0.4 is 4.72 Å². The summed E-state index contributed by atoms with van der Waals surface area (Å²) in [5.41, 5.74) is -1.19. The number of hydrogen-bond acceptors (Lipinski definition) is 3. The van der Waals surface area contributed by atoms with Crippen LogP contribution in [0, 0.1) is 12.7 Å². The van der Waals surface area contributed by atoms with Crippen LogP contribution in [0.1, 0.15) is 49.5 Å². The molecular formula is C14H20FNO4S. The maximum atomic E-state index is 13.8. The number of carboxylic acid groups (broad SMARTS) is 1. The molecule has 21 heavy (non-hydrogen) atoms. The Hall–Kier alpha value is -1.47. The maximum absolute atomic E-state index is 13.8. The first-order chi connectivity index (χ1) is 9.50. The van der Waals surface area contributed by atoms with Gasteiger partial charge in [-0.05, 0) is 39.3 Å². The molecular weight excluding hydrogens is 297 g/mol. The minimum atomic E-state index is -4.00. The molecule has 0 saturated heterocycles. The fourth-order valence-electron chi connectivity index (χ4n) is 2.15. The smallest absolute Gasteiger partial charge is 0.335 e. The third kappa shape index (κ3) is 4.25. The monoisotopic (exact) mass is 317 g/mol. The summed E-state index contributed by atoms with van der Waals surface area (Å²) in [7, 11) is -4.00. The van der Waals surface area contributed by atoms with Crippen LogP contribution in [0.25, 0.3) is 0 Å². The Kier molecular flexibility index (Phi) is 5.11. The Morgan fingerprint density at radius 2 is 1.95 bits per heavy atom. The molecule has 1 aromatic rings. The zero-order valence-corrected chi connectivity index (χ0v) is 13.3. The van der Waals surface area contributed by atoms with Gasteiger partial charge in [0, 0.05) is 11.1 Å². The summed E-state index contributed by atoms with van der Waals surface area (Å²) in [5.74, 6) is -2.23. The average Bonchev–Trinajstić information content (AvgIpc) is 2.30. The molecule has 0 heterocycles. The average molecular weight is 317 g/mol. The summed E-state index contributed by atoms with van der Waals surface area (Å²) in [6.45, 7) is 6.68. The Morgan fingerprint density at radius 1 is 1.38 bits per heavy atom. The van der Waals surface area contributed by atoms with Gasteiger partial charge in [-0.2, -0.15) is 0 Å². The van der Waals surface area contributed by atoms with Crippen molar-refractivity contribution in [2.75, 3.05) is 0 Å². The van der Waals surface area contributed by atoms with E-state index in [1.165, 1.54) is 6.92 Å². The first kappa shape index (κ1) is 17.6. The lowest BCUT2D eigenvalue weighted by molar-refractivity contribution is 0.0696. The topological polar surface area (TPSA) is 83.5 Å². The van der Waals surface area contributed by atoms with E-state index in [-0.39, 0.29) is 10.5 Å². The molecule has 0 unspecified atom stereocenters. The normalized spacial score (nSPS) is 12.4. The number of rotatable bonds is 6. The second-order valence-corrected chi connectivity index (χ2v) is 7.28. The zero-order chi connectivity index (χ0) is 16.4. The second-order valence-electron chi connectivity index (χ2n) is 5.63. The van der Waals surface area contributed by atoms with Gasteiger partial charge < -0.3 is 5.11 Å². The van der Waals surface area contributed by atoms with Gasteiger partial charge in [0.05, 0.1) is 10.5 Å². The number of carbonyl (C=O) groups is 1. The Balaban J connectivity index is 3.35. The molecule has 0 aliphatic carbocycles. The van der Waals surface area contributed by atoms with Crippen molar-refractivity contribution in [3.05, 3.63) is 29.1 Å². The predicted octanol–water partition coefficient (Wildman–Crippen LogP) is 2.69. The lowest BCUT2D eigenvalue weighted by atomic mass is 10.0.